The fraction of sp³-hybridized carbons (Fsp3) is 0.0588. The zero-order valence-corrected chi connectivity index (χ0v) is 14.9. The van der Waals surface area contributed by atoms with E-state index in [1.54, 1.807) is 42.5 Å². The Morgan fingerprint density at radius 2 is 1.84 bits per heavy atom. The van der Waals surface area contributed by atoms with Crippen molar-refractivity contribution in [3.05, 3.63) is 71.2 Å². The van der Waals surface area contributed by atoms with E-state index in [2.05, 4.69) is 15.5 Å². The lowest BCUT2D eigenvalue weighted by molar-refractivity contribution is 0.485. The normalized spacial score (nSPS) is 11.6. The lowest BCUT2D eigenvalue weighted by Crippen LogP contribution is -2.10. The molecular weight excluding hydrogens is 358 g/mol. The van der Waals surface area contributed by atoms with Gasteiger partial charge in [0.25, 0.3) is 0 Å². The minimum Gasteiger partial charge on any atom is -0.378 e. The number of nitrogens with one attached hydrogen (secondary N) is 1. The van der Waals surface area contributed by atoms with Gasteiger partial charge in [-0.3, -0.25) is 5.43 Å². The number of nitrogens with zero attached hydrogens (tertiary/aromatic N) is 2. The smallest absolute Gasteiger partial charge is 0.339 e. The first kappa shape index (κ1) is 17.1. The number of anilines is 1. The molecule has 0 amide bonds. The van der Waals surface area contributed by atoms with Crippen LogP contribution in [0.5, 0.6) is 5.75 Å². The maximum Gasteiger partial charge on any atom is 0.339 e. The second kappa shape index (κ2) is 7.45. The highest BCUT2D eigenvalue weighted by Crippen LogP contribution is 2.22. The first-order chi connectivity index (χ1) is 12.0. The van der Waals surface area contributed by atoms with Crippen LogP contribution in [0.1, 0.15) is 11.3 Å². The van der Waals surface area contributed by atoms with Gasteiger partial charge in [0.05, 0.1) is 11.9 Å². The van der Waals surface area contributed by atoms with E-state index in [0.29, 0.717) is 10.7 Å². The van der Waals surface area contributed by atoms with Crippen molar-refractivity contribution in [1.29, 1.82) is 0 Å². The number of hydrogen-bond acceptors (Lipinski definition) is 7. The van der Waals surface area contributed by atoms with Gasteiger partial charge in [-0.25, -0.2) is 4.98 Å². The lowest BCUT2D eigenvalue weighted by atomic mass is 10.2. The van der Waals surface area contributed by atoms with E-state index in [-0.39, 0.29) is 10.6 Å². The molecule has 0 radical (unpaired) electrons. The summed E-state index contributed by atoms with van der Waals surface area (Å²) in [5.41, 5.74) is 4.24. The van der Waals surface area contributed by atoms with Crippen LogP contribution in [0.3, 0.4) is 0 Å². The number of aryl methyl sites for hydroxylation is 1. The maximum absolute atomic E-state index is 12.4. The van der Waals surface area contributed by atoms with Gasteiger partial charge in [0, 0.05) is 10.9 Å². The standard InChI is InChI=1S/C17H15N3O3S2/c1-13-12-24-17(19-13)20-18-11-14-7-5-6-10-16(14)23-25(21,22)15-8-3-2-4-9-15/h2-12H,1H3,(H,19,20)/b18-11-. The predicted octanol–water partition coefficient (Wildman–Crippen LogP) is 3.67. The third kappa shape index (κ3) is 4.43. The van der Waals surface area contributed by atoms with Crippen LogP contribution in [0, 0.1) is 6.92 Å². The Morgan fingerprint density at radius 3 is 2.56 bits per heavy atom. The molecule has 0 aliphatic rings. The number of hydrogen-bond donors (Lipinski definition) is 1. The number of rotatable bonds is 6. The average Bonchev–Trinajstić information content (AvgIpc) is 3.02. The van der Waals surface area contributed by atoms with Crippen LogP contribution in [-0.2, 0) is 10.1 Å². The number of aromatic nitrogens is 1. The summed E-state index contributed by atoms with van der Waals surface area (Å²) in [5.74, 6) is 0.201. The van der Waals surface area contributed by atoms with E-state index in [9.17, 15) is 8.42 Å². The van der Waals surface area contributed by atoms with Gasteiger partial charge < -0.3 is 4.18 Å². The summed E-state index contributed by atoms with van der Waals surface area (Å²) >= 11 is 1.43. The SMILES string of the molecule is Cc1csc(N/N=C\c2ccccc2OS(=O)(=O)c2ccccc2)n1. The summed E-state index contributed by atoms with van der Waals surface area (Å²) in [5, 5.41) is 6.65. The Bertz CT molecular complexity index is 983. The highest BCUT2D eigenvalue weighted by atomic mass is 32.2. The van der Waals surface area contributed by atoms with Crippen molar-refractivity contribution in [2.75, 3.05) is 5.43 Å². The summed E-state index contributed by atoms with van der Waals surface area (Å²) in [6.45, 7) is 1.89. The lowest BCUT2D eigenvalue weighted by Gasteiger charge is -2.09. The van der Waals surface area contributed by atoms with Crippen LogP contribution >= 0.6 is 11.3 Å². The molecule has 0 fully saturated rings. The zero-order chi connectivity index (χ0) is 17.7. The fourth-order valence-corrected chi connectivity index (χ4v) is 3.59. The number of hydrazone groups is 1. The molecule has 0 saturated carbocycles. The average molecular weight is 373 g/mol. The predicted molar refractivity (Wildman–Crippen MR) is 98.8 cm³/mol. The molecule has 128 valence electrons. The largest absolute Gasteiger partial charge is 0.378 e. The first-order valence-corrected chi connectivity index (χ1v) is 9.63. The Morgan fingerprint density at radius 1 is 1.12 bits per heavy atom. The van der Waals surface area contributed by atoms with E-state index < -0.39 is 10.1 Å². The van der Waals surface area contributed by atoms with E-state index >= 15 is 0 Å². The summed E-state index contributed by atoms with van der Waals surface area (Å²) < 4.78 is 30.0. The molecule has 3 aromatic rings. The first-order valence-electron chi connectivity index (χ1n) is 7.34. The molecule has 0 bridgehead atoms. The fourth-order valence-electron chi connectivity index (χ4n) is 1.98. The second-order valence-corrected chi connectivity index (χ2v) is 7.46. The highest BCUT2D eigenvalue weighted by Gasteiger charge is 2.17. The van der Waals surface area contributed by atoms with Crippen LogP contribution in [0.25, 0.3) is 0 Å². The highest BCUT2D eigenvalue weighted by molar-refractivity contribution is 7.87. The van der Waals surface area contributed by atoms with Crippen molar-refractivity contribution in [3.8, 4) is 5.75 Å². The van der Waals surface area contributed by atoms with E-state index in [0.717, 1.165) is 5.69 Å². The number of thiazole rings is 1. The quantitative estimate of drug-likeness (QED) is 0.405. The molecule has 25 heavy (non-hydrogen) atoms. The molecule has 0 atom stereocenters. The van der Waals surface area contributed by atoms with Gasteiger partial charge in [-0.2, -0.15) is 13.5 Å². The second-order valence-electron chi connectivity index (χ2n) is 5.05. The van der Waals surface area contributed by atoms with Crippen molar-refractivity contribution in [2.24, 2.45) is 5.10 Å². The summed E-state index contributed by atoms with van der Waals surface area (Å²) in [6, 6.07) is 14.8. The summed E-state index contributed by atoms with van der Waals surface area (Å²) in [4.78, 5) is 4.33. The van der Waals surface area contributed by atoms with Gasteiger partial charge in [-0.1, -0.05) is 30.3 Å². The van der Waals surface area contributed by atoms with Gasteiger partial charge >= 0.3 is 10.1 Å². The van der Waals surface area contributed by atoms with Gasteiger partial charge in [-0.05, 0) is 31.2 Å². The van der Waals surface area contributed by atoms with Gasteiger partial charge in [-0.15, -0.1) is 11.3 Å². The zero-order valence-electron chi connectivity index (χ0n) is 13.3. The molecule has 0 aliphatic carbocycles. The molecule has 6 nitrogen and oxygen atoms in total. The Labute approximate surface area is 149 Å². The maximum atomic E-state index is 12.4. The minimum absolute atomic E-state index is 0.0955. The van der Waals surface area contributed by atoms with E-state index in [1.165, 1.54) is 29.7 Å². The monoisotopic (exact) mass is 373 g/mol. The van der Waals surface area contributed by atoms with Crippen LogP contribution in [0.15, 0.2) is 70.0 Å². The third-order valence-electron chi connectivity index (χ3n) is 3.13. The van der Waals surface area contributed by atoms with Gasteiger partial charge in [0.1, 0.15) is 4.90 Å². The Balaban J connectivity index is 1.79. The molecule has 0 unspecified atom stereocenters. The van der Waals surface area contributed by atoms with Crippen molar-refractivity contribution < 1.29 is 12.6 Å². The molecule has 1 aromatic heterocycles. The molecule has 1 N–H and O–H groups in total. The Hall–Kier alpha value is -2.71. The number of para-hydroxylation sites is 1. The topological polar surface area (TPSA) is 80.7 Å². The Kier molecular flexibility index (Phi) is 5.11. The molecule has 8 heteroatoms. The van der Waals surface area contributed by atoms with Crippen molar-refractivity contribution >= 4 is 32.8 Å². The van der Waals surface area contributed by atoms with E-state index in [1.807, 2.05) is 12.3 Å². The van der Waals surface area contributed by atoms with Gasteiger partial charge in [0.2, 0.25) is 5.13 Å². The van der Waals surface area contributed by atoms with Crippen LogP contribution in [-0.4, -0.2) is 19.6 Å². The van der Waals surface area contributed by atoms with Crippen LogP contribution < -0.4 is 9.61 Å². The van der Waals surface area contributed by atoms with Crippen molar-refractivity contribution in [1.82, 2.24) is 4.98 Å². The number of benzene rings is 2. The van der Waals surface area contributed by atoms with Crippen molar-refractivity contribution in [3.63, 3.8) is 0 Å². The van der Waals surface area contributed by atoms with Crippen molar-refractivity contribution in [2.45, 2.75) is 11.8 Å². The third-order valence-corrected chi connectivity index (χ3v) is 5.25. The molecule has 3 rings (SSSR count). The molecular formula is C17H15N3O3S2. The van der Waals surface area contributed by atoms with E-state index in [4.69, 9.17) is 4.18 Å². The molecule has 0 aliphatic heterocycles. The van der Waals surface area contributed by atoms with Gasteiger partial charge in [0.15, 0.2) is 5.75 Å². The summed E-state index contributed by atoms with van der Waals surface area (Å²) in [6.07, 6.45) is 1.49. The van der Waals surface area contributed by atoms with Crippen LogP contribution in [0.2, 0.25) is 0 Å². The minimum atomic E-state index is -3.90. The molecule has 0 saturated heterocycles. The molecule has 2 aromatic carbocycles. The molecule has 1 heterocycles. The molecule has 0 spiro atoms. The summed E-state index contributed by atoms with van der Waals surface area (Å²) in [7, 11) is -3.90. The van der Waals surface area contributed by atoms with Crippen LogP contribution in [0.4, 0.5) is 5.13 Å².